The first-order chi connectivity index (χ1) is 9.99. The summed E-state index contributed by atoms with van der Waals surface area (Å²) < 4.78 is 5.62. The van der Waals surface area contributed by atoms with E-state index in [0.717, 1.165) is 11.1 Å². The second-order valence-corrected chi connectivity index (χ2v) is 5.33. The van der Waals surface area contributed by atoms with Crippen LogP contribution >= 0.6 is 0 Å². The quantitative estimate of drug-likeness (QED) is 0.618. The van der Waals surface area contributed by atoms with E-state index >= 15 is 0 Å². The number of H-pyrrole nitrogens is 1. The summed E-state index contributed by atoms with van der Waals surface area (Å²) in [6, 6.07) is 3.57. The molecule has 1 aromatic heterocycles. The number of aliphatic hydroxyl groups excluding tert-OH is 2. The van der Waals surface area contributed by atoms with Crippen LogP contribution in [0.15, 0.2) is 16.9 Å². The number of ether oxygens (including phenoxy) is 1. The molecule has 0 saturated carbocycles. The van der Waals surface area contributed by atoms with E-state index in [9.17, 15) is 9.90 Å². The Morgan fingerprint density at radius 1 is 1.52 bits per heavy atom. The largest absolute Gasteiger partial charge is 0.394 e. The number of aliphatic hydroxyl groups is 2. The zero-order chi connectivity index (χ0) is 15.1. The van der Waals surface area contributed by atoms with E-state index in [-0.39, 0.29) is 24.2 Å². The topological polar surface area (TPSA) is 121 Å². The van der Waals surface area contributed by atoms with Crippen molar-refractivity contribution in [2.75, 3.05) is 12.3 Å². The van der Waals surface area contributed by atoms with Crippen molar-refractivity contribution in [3.63, 3.8) is 0 Å². The molecule has 3 atom stereocenters. The van der Waals surface area contributed by atoms with Gasteiger partial charge in [-0.05, 0) is 24.1 Å². The van der Waals surface area contributed by atoms with E-state index < -0.39 is 12.2 Å². The minimum Gasteiger partial charge on any atom is -0.394 e. The number of anilines is 1. The number of nitrogens with zero attached hydrogens (tertiary/aromatic N) is 1. The lowest BCUT2D eigenvalue weighted by Gasteiger charge is -2.14. The van der Waals surface area contributed by atoms with Crippen molar-refractivity contribution < 1.29 is 14.9 Å². The highest BCUT2D eigenvalue weighted by molar-refractivity contribution is 5.82. The first kappa shape index (κ1) is 14.0. The van der Waals surface area contributed by atoms with Gasteiger partial charge in [-0.15, -0.1) is 0 Å². The lowest BCUT2D eigenvalue weighted by atomic mass is 10.00. The van der Waals surface area contributed by atoms with Gasteiger partial charge in [0.2, 0.25) is 5.95 Å². The number of fused-ring (bicyclic) bond motifs is 1. The monoisotopic (exact) mass is 291 g/mol. The minimum atomic E-state index is -0.709. The summed E-state index contributed by atoms with van der Waals surface area (Å²) in [5, 5.41) is 19.4. The van der Waals surface area contributed by atoms with Crippen LogP contribution in [0, 0.1) is 6.92 Å². The van der Waals surface area contributed by atoms with Crippen molar-refractivity contribution in [3.05, 3.63) is 33.6 Å². The van der Waals surface area contributed by atoms with Gasteiger partial charge in [-0.2, -0.15) is 0 Å². The Morgan fingerprint density at radius 2 is 2.29 bits per heavy atom. The van der Waals surface area contributed by atoms with E-state index in [0.29, 0.717) is 17.3 Å². The van der Waals surface area contributed by atoms with Gasteiger partial charge in [-0.25, -0.2) is 4.98 Å². The lowest BCUT2D eigenvalue weighted by Crippen LogP contribution is -2.24. The molecule has 7 heteroatoms. The molecule has 5 N–H and O–H groups in total. The van der Waals surface area contributed by atoms with Crippen LogP contribution < -0.4 is 11.3 Å². The second kappa shape index (κ2) is 5.10. The second-order valence-electron chi connectivity index (χ2n) is 5.33. The van der Waals surface area contributed by atoms with Crippen LogP contribution in [0.25, 0.3) is 10.9 Å². The third kappa shape index (κ3) is 2.39. The first-order valence-electron chi connectivity index (χ1n) is 6.74. The highest BCUT2D eigenvalue weighted by atomic mass is 16.5. The number of aromatic nitrogens is 2. The minimum absolute atomic E-state index is 0.0798. The smallest absolute Gasteiger partial charge is 0.260 e. The zero-order valence-corrected chi connectivity index (χ0v) is 11.5. The van der Waals surface area contributed by atoms with E-state index in [1.54, 1.807) is 6.07 Å². The van der Waals surface area contributed by atoms with Gasteiger partial charge in [-0.3, -0.25) is 9.78 Å². The Labute approximate surface area is 120 Å². The maximum absolute atomic E-state index is 12.0. The van der Waals surface area contributed by atoms with Crippen LogP contribution in [0.3, 0.4) is 0 Å². The Morgan fingerprint density at radius 3 is 2.95 bits per heavy atom. The molecule has 7 nitrogen and oxygen atoms in total. The molecule has 0 unspecified atom stereocenters. The standard InChI is InChI=1S/C14H17N3O4/c1-6-2-7(10-4-9(19)11(5-18)21-10)3-8-12(6)16-14(15)17-13(8)20/h2-3,9-11,18-19H,4-5H2,1H3,(H3,15,16,17,20)/t9-,10+,11+/m0/s1. The van der Waals surface area contributed by atoms with Gasteiger partial charge in [0.25, 0.3) is 5.56 Å². The van der Waals surface area contributed by atoms with Crippen LogP contribution in [0.2, 0.25) is 0 Å². The molecule has 112 valence electrons. The molecule has 21 heavy (non-hydrogen) atoms. The third-order valence-electron chi connectivity index (χ3n) is 3.82. The van der Waals surface area contributed by atoms with Crippen molar-refractivity contribution in [2.24, 2.45) is 0 Å². The van der Waals surface area contributed by atoms with E-state index in [1.165, 1.54) is 0 Å². The molecule has 0 amide bonds. The molecule has 0 bridgehead atoms. The van der Waals surface area contributed by atoms with Crippen LogP contribution in [-0.2, 0) is 4.74 Å². The van der Waals surface area contributed by atoms with Gasteiger partial charge in [0.1, 0.15) is 6.10 Å². The molecule has 1 aromatic carbocycles. The van der Waals surface area contributed by atoms with Gasteiger partial charge < -0.3 is 20.7 Å². The summed E-state index contributed by atoms with van der Waals surface area (Å²) in [7, 11) is 0. The molecule has 0 spiro atoms. The Bertz CT molecular complexity index is 743. The maximum Gasteiger partial charge on any atom is 0.260 e. The fraction of sp³-hybridized carbons (Fsp3) is 0.429. The van der Waals surface area contributed by atoms with Gasteiger partial charge in [-0.1, -0.05) is 6.07 Å². The van der Waals surface area contributed by atoms with E-state index in [4.69, 9.17) is 15.6 Å². The summed E-state index contributed by atoms with van der Waals surface area (Å²) in [4.78, 5) is 18.6. The Hall–Kier alpha value is -1.96. The van der Waals surface area contributed by atoms with Crippen molar-refractivity contribution in [1.29, 1.82) is 0 Å². The van der Waals surface area contributed by atoms with E-state index in [2.05, 4.69) is 9.97 Å². The van der Waals surface area contributed by atoms with Crippen molar-refractivity contribution in [2.45, 2.75) is 31.7 Å². The molecule has 1 saturated heterocycles. The van der Waals surface area contributed by atoms with Crippen LogP contribution in [0.1, 0.15) is 23.7 Å². The average molecular weight is 291 g/mol. The number of aryl methyl sites for hydroxylation is 1. The van der Waals surface area contributed by atoms with Gasteiger partial charge >= 0.3 is 0 Å². The number of rotatable bonds is 2. The van der Waals surface area contributed by atoms with Crippen LogP contribution in [0.4, 0.5) is 5.95 Å². The lowest BCUT2D eigenvalue weighted by molar-refractivity contribution is -0.0225. The van der Waals surface area contributed by atoms with Crippen LogP contribution in [0.5, 0.6) is 0 Å². The molecular weight excluding hydrogens is 274 g/mol. The molecule has 0 radical (unpaired) electrons. The number of hydrogen-bond donors (Lipinski definition) is 4. The number of nitrogen functional groups attached to an aromatic ring is 1. The molecular formula is C14H17N3O4. The number of nitrogens with one attached hydrogen (secondary N) is 1. The number of benzene rings is 1. The Kier molecular flexibility index (Phi) is 3.40. The molecule has 1 aliphatic heterocycles. The first-order valence-corrected chi connectivity index (χ1v) is 6.74. The van der Waals surface area contributed by atoms with Gasteiger partial charge in [0, 0.05) is 6.42 Å². The number of aromatic amines is 1. The van der Waals surface area contributed by atoms with Crippen molar-refractivity contribution >= 4 is 16.9 Å². The normalized spacial score (nSPS) is 25.6. The molecule has 3 rings (SSSR count). The SMILES string of the molecule is Cc1cc([C@H]2C[C@H](O)[C@@H](CO)O2)cc2c(=O)[nH]c(N)nc12. The predicted octanol–water partition coefficient (Wildman–Crippen LogP) is -0.00308. The van der Waals surface area contributed by atoms with Gasteiger partial charge in [0.15, 0.2) is 0 Å². The fourth-order valence-corrected chi connectivity index (χ4v) is 2.75. The van der Waals surface area contributed by atoms with Crippen LogP contribution in [-0.4, -0.2) is 39.0 Å². The molecule has 1 fully saturated rings. The Balaban J connectivity index is 2.07. The number of hydrogen-bond acceptors (Lipinski definition) is 6. The summed E-state index contributed by atoms with van der Waals surface area (Å²) in [6.45, 7) is 1.61. The predicted molar refractivity (Wildman–Crippen MR) is 76.8 cm³/mol. The molecule has 0 aliphatic carbocycles. The highest BCUT2D eigenvalue weighted by Crippen LogP contribution is 2.34. The van der Waals surface area contributed by atoms with Crippen molar-refractivity contribution in [3.8, 4) is 0 Å². The van der Waals surface area contributed by atoms with E-state index in [1.807, 2.05) is 13.0 Å². The third-order valence-corrected chi connectivity index (χ3v) is 3.82. The summed E-state index contributed by atoms with van der Waals surface area (Å²) >= 11 is 0. The maximum atomic E-state index is 12.0. The molecule has 2 aromatic rings. The fourth-order valence-electron chi connectivity index (χ4n) is 2.75. The molecule has 1 aliphatic rings. The zero-order valence-electron chi connectivity index (χ0n) is 11.5. The highest BCUT2D eigenvalue weighted by Gasteiger charge is 2.34. The summed E-state index contributed by atoms with van der Waals surface area (Å²) in [6.07, 6.45) is -1.26. The van der Waals surface area contributed by atoms with Crippen molar-refractivity contribution in [1.82, 2.24) is 9.97 Å². The average Bonchev–Trinajstić information content (AvgIpc) is 2.81. The molecule has 2 heterocycles. The summed E-state index contributed by atoms with van der Waals surface area (Å²) in [5.74, 6) is 0.0798. The van der Waals surface area contributed by atoms with Gasteiger partial charge in [0.05, 0.1) is 29.7 Å². The summed E-state index contributed by atoms with van der Waals surface area (Å²) in [5.41, 5.74) is 7.40. The number of nitrogens with two attached hydrogens (primary N) is 1.